The number of fused-ring (bicyclic) bond motifs is 1. The van der Waals surface area contributed by atoms with Crippen LogP contribution in [-0.2, 0) is 34.4 Å². The van der Waals surface area contributed by atoms with Gasteiger partial charge in [-0.2, -0.15) is 10.5 Å². The van der Waals surface area contributed by atoms with Gasteiger partial charge >= 0.3 is 7.82 Å². The molecule has 2 aliphatic rings. The first-order valence-corrected chi connectivity index (χ1v) is 22.5. The fraction of sp³-hybridized carbons (Fsp3) is 0.690. The predicted molar refractivity (Wildman–Crippen MR) is 219 cm³/mol. The van der Waals surface area contributed by atoms with E-state index in [2.05, 4.69) is 29.5 Å². The van der Waals surface area contributed by atoms with Gasteiger partial charge in [0.2, 0.25) is 0 Å². The summed E-state index contributed by atoms with van der Waals surface area (Å²) in [6, 6.07) is 13.0. The van der Waals surface area contributed by atoms with E-state index in [-0.39, 0.29) is 26.2 Å². The van der Waals surface area contributed by atoms with Crippen LogP contribution in [0.25, 0.3) is 0 Å². The minimum absolute atomic E-state index is 0.123. The molecule has 3 heterocycles. The van der Waals surface area contributed by atoms with Crippen molar-refractivity contribution in [3.05, 3.63) is 52.8 Å². The van der Waals surface area contributed by atoms with Crippen molar-refractivity contribution in [2.24, 2.45) is 10.7 Å². The summed E-state index contributed by atoms with van der Waals surface area (Å²) in [5.41, 5.74) is 10.3. The number of rotatable bonds is 30. The molecular formula is C42H65N6O8P. The van der Waals surface area contributed by atoms with Crippen LogP contribution in [-0.4, -0.2) is 67.3 Å². The number of hydrogen-bond donors (Lipinski definition) is 3. The number of phosphoric ester groups is 1. The molecule has 4 rings (SSSR count). The Kier molecular flexibility index (Phi) is 20.4. The van der Waals surface area contributed by atoms with E-state index in [9.17, 15) is 20.0 Å². The van der Waals surface area contributed by atoms with E-state index in [1.165, 1.54) is 97.0 Å². The number of phosphoric acid groups is 1. The minimum atomic E-state index is -4.63. The first-order valence-electron chi connectivity index (χ1n) is 21.0. The normalized spacial score (nSPS) is 19.2. The molecule has 4 atom stereocenters. The number of methoxy groups -OCH3 is 1. The van der Waals surface area contributed by atoms with Gasteiger partial charge in [0.1, 0.15) is 54.9 Å². The van der Waals surface area contributed by atoms with Crippen LogP contribution >= 0.6 is 7.82 Å². The summed E-state index contributed by atoms with van der Waals surface area (Å²) in [5, 5.41) is 19.4. The molecule has 1 aromatic heterocycles. The molecule has 15 heteroatoms. The second-order valence-corrected chi connectivity index (χ2v) is 16.5. The van der Waals surface area contributed by atoms with Crippen LogP contribution < -0.4 is 15.9 Å². The lowest BCUT2D eigenvalue weighted by atomic mass is 10.0. The third kappa shape index (κ3) is 15.7. The van der Waals surface area contributed by atoms with Crippen LogP contribution in [0.3, 0.4) is 0 Å². The Morgan fingerprint density at radius 3 is 2.28 bits per heavy atom. The van der Waals surface area contributed by atoms with Gasteiger partial charge in [0.05, 0.1) is 38.2 Å². The molecular weight excluding hydrogens is 747 g/mol. The molecule has 316 valence electrons. The smallest absolute Gasteiger partial charge is 0.472 e. The molecule has 1 fully saturated rings. The van der Waals surface area contributed by atoms with E-state index in [1.807, 2.05) is 12.1 Å². The van der Waals surface area contributed by atoms with Gasteiger partial charge in [0, 0.05) is 6.61 Å². The van der Waals surface area contributed by atoms with Crippen LogP contribution in [0.1, 0.15) is 151 Å². The number of nitriles is 2. The summed E-state index contributed by atoms with van der Waals surface area (Å²) in [6.45, 7) is 2.59. The number of unbranched alkanes of at least 4 members (excludes halogenated alkanes) is 15. The van der Waals surface area contributed by atoms with Gasteiger partial charge in [-0.05, 0) is 49.1 Å². The van der Waals surface area contributed by atoms with Crippen LogP contribution in [0, 0.1) is 22.7 Å². The molecule has 0 aliphatic carbocycles. The highest BCUT2D eigenvalue weighted by Crippen LogP contribution is 2.47. The van der Waals surface area contributed by atoms with Gasteiger partial charge < -0.3 is 35.0 Å². The Balaban J connectivity index is 1.17. The SMILES string of the molecule is CCCCCCCCCCCCCCCCCCOCC(COP(=O)(O)OCC1(C#N)CCC(c2ccc3n2NCN=C3N)O1)OCc1ccc(C#N)c(OC)c1. The Bertz CT molecular complexity index is 1660. The quantitative estimate of drug-likeness (QED) is 0.0502. The van der Waals surface area contributed by atoms with Crippen LogP contribution in [0.4, 0.5) is 0 Å². The molecule has 0 saturated carbocycles. The molecule has 0 bridgehead atoms. The average molecular weight is 813 g/mol. The van der Waals surface area contributed by atoms with E-state index in [0.717, 1.165) is 24.1 Å². The lowest BCUT2D eigenvalue weighted by molar-refractivity contribution is -0.0590. The summed E-state index contributed by atoms with van der Waals surface area (Å²) < 4.78 is 49.1. The highest BCUT2D eigenvalue weighted by Gasteiger charge is 2.45. The molecule has 1 saturated heterocycles. The maximum Gasteiger partial charge on any atom is 0.472 e. The monoisotopic (exact) mass is 812 g/mol. The number of nitrogens with zero attached hydrogens (tertiary/aromatic N) is 4. The van der Waals surface area contributed by atoms with E-state index in [1.54, 1.807) is 22.9 Å². The van der Waals surface area contributed by atoms with Crippen molar-refractivity contribution in [1.29, 1.82) is 10.5 Å². The maximum atomic E-state index is 13.1. The number of aromatic nitrogens is 1. The lowest BCUT2D eigenvalue weighted by Crippen LogP contribution is -2.34. The van der Waals surface area contributed by atoms with Gasteiger partial charge in [-0.3, -0.25) is 13.7 Å². The van der Waals surface area contributed by atoms with Gasteiger partial charge in [0.25, 0.3) is 0 Å². The van der Waals surface area contributed by atoms with Crippen molar-refractivity contribution >= 4 is 13.7 Å². The van der Waals surface area contributed by atoms with Gasteiger partial charge in [-0.1, -0.05) is 109 Å². The number of amidine groups is 1. The molecule has 0 spiro atoms. The molecule has 0 radical (unpaired) electrons. The largest absolute Gasteiger partial charge is 0.495 e. The number of aliphatic imine (C=N–C) groups is 1. The topological polar surface area (TPSA) is 196 Å². The molecule has 14 nitrogen and oxygen atoms in total. The highest BCUT2D eigenvalue weighted by molar-refractivity contribution is 7.47. The molecule has 0 amide bonds. The van der Waals surface area contributed by atoms with E-state index >= 15 is 0 Å². The van der Waals surface area contributed by atoms with E-state index in [0.29, 0.717) is 42.5 Å². The maximum absolute atomic E-state index is 13.1. The minimum Gasteiger partial charge on any atom is -0.495 e. The summed E-state index contributed by atoms with van der Waals surface area (Å²) >= 11 is 0. The number of ether oxygens (including phenoxy) is 4. The molecule has 2 aliphatic heterocycles. The highest BCUT2D eigenvalue weighted by atomic mass is 31.2. The van der Waals surface area contributed by atoms with E-state index in [4.69, 9.17) is 33.7 Å². The summed E-state index contributed by atoms with van der Waals surface area (Å²) in [7, 11) is -3.14. The number of nitrogens with one attached hydrogen (secondary N) is 1. The zero-order chi connectivity index (χ0) is 40.8. The third-order valence-electron chi connectivity index (χ3n) is 10.6. The van der Waals surface area contributed by atoms with Crippen molar-refractivity contribution in [3.63, 3.8) is 0 Å². The molecule has 1 aromatic carbocycles. The van der Waals surface area contributed by atoms with Crippen LogP contribution in [0.5, 0.6) is 5.75 Å². The van der Waals surface area contributed by atoms with E-state index < -0.39 is 32.2 Å². The Morgan fingerprint density at radius 1 is 0.982 bits per heavy atom. The average Bonchev–Trinajstić information content (AvgIpc) is 3.86. The lowest BCUT2D eigenvalue weighted by Gasteiger charge is -2.25. The number of nitrogens with two attached hydrogens (primary N) is 1. The Morgan fingerprint density at radius 2 is 1.65 bits per heavy atom. The Hall–Kier alpha value is -3.46. The zero-order valence-electron chi connectivity index (χ0n) is 34.1. The standard InChI is InChI=1S/C42H65N6O8P/c1-3-4-5-6-7-8-9-10-11-12-13-14-15-16-17-18-25-52-29-36(53-28-34-19-20-35(27-43)40(26-34)51-2)30-54-57(49,50)55-32-42(31-44)24-23-39(56-42)37-21-22-38-41(45)46-33-47-48(37)38/h19-22,26,36,39,47H,3-18,23-25,28-30,32-33H2,1-2H3,(H2,45,46)(H,49,50). The number of hydrogen-bond acceptors (Lipinski definition) is 12. The molecule has 2 aromatic rings. The fourth-order valence-corrected chi connectivity index (χ4v) is 7.98. The van der Waals surface area contributed by atoms with Crippen molar-refractivity contribution in [1.82, 2.24) is 4.68 Å². The fourth-order valence-electron chi connectivity index (χ4n) is 7.18. The number of benzene rings is 1. The molecule has 4 N–H and O–H groups in total. The second kappa shape index (κ2) is 25.1. The van der Waals surface area contributed by atoms with Crippen LogP contribution in [0.2, 0.25) is 0 Å². The summed E-state index contributed by atoms with van der Waals surface area (Å²) in [4.78, 5) is 14.9. The first-order chi connectivity index (χ1) is 27.7. The van der Waals surface area contributed by atoms with Crippen molar-refractivity contribution in [2.75, 3.05) is 45.6 Å². The van der Waals surface area contributed by atoms with Crippen molar-refractivity contribution in [2.45, 2.75) is 147 Å². The zero-order valence-corrected chi connectivity index (χ0v) is 35.0. The third-order valence-corrected chi connectivity index (χ3v) is 11.5. The Labute approximate surface area is 339 Å². The molecule has 57 heavy (non-hydrogen) atoms. The predicted octanol–water partition coefficient (Wildman–Crippen LogP) is 8.70. The summed E-state index contributed by atoms with van der Waals surface area (Å²) in [6.07, 6.45) is 20.2. The van der Waals surface area contributed by atoms with Gasteiger partial charge in [-0.15, -0.1) is 0 Å². The molecule has 4 unspecified atom stereocenters. The van der Waals surface area contributed by atoms with Gasteiger partial charge in [-0.25, -0.2) is 9.56 Å². The van der Waals surface area contributed by atoms with Gasteiger partial charge in [0.15, 0.2) is 5.60 Å². The summed E-state index contributed by atoms with van der Waals surface area (Å²) in [5.74, 6) is 0.823. The van der Waals surface area contributed by atoms with Crippen molar-refractivity contribution < 1.29 is 37.5 Å². The van der Waals surface area contributed by atoms with Crippen LogP contribution in [0.15, 0.2) is 35.3 Å². The second-order valence-electron chi connectivity index (χ2n) is 15.1. The first kappa shape index (κ1) is 46.2. The van der Waals surface area contributed by atoms with Crippen molar-refractivity contribution in [3.8, 4) is 17.9 Å².